The molecule has 1 saturated carbocycles. The van der Waals surface area contributed by atoms with E-state index < -0.39 is 0 Å². The smallest absolute Gasteiger partial charge is 0.269 e. The van der Waals surface area contributed by atoms with Gasteiger partial charge in [0.2, 0.25) is 0 Å². The topological polar surface area (TPSA) is 55.2 Å². The number of nitro benzene ring substituents is 1. The minimum atomic E-state index is -0.315. The molecule has 1 aromatic carbocycles. The molecule has 0 radical (unpaired) electrons. The van der Waals surface area contributed by atoms with Crippen molar-refractivity contribution in [1.29, 1.82) is 0 Å². The lowest BCUT2D eigenvalue weighted by atomic mass is 9.92. The van der Waals surface area contributed by atoms with Gasteiger partial charge in [-0.15, -0.1) is 0 Å². The van der Waals surface area contributed by atoms with E-state index in [2.05, 4.69) is 5.32 Å². The maximum absolute atomic E-state index is 10.7. The van der Waals surface area contributed by atoms with E-state index in [1.165, 1.54) is 5.56 Å². The van der Waals surface area contributed by atoms with Gasteiger partial charge in [-0.1, -0.05) is 6.07 Å². The third-order valence-electron chi connectivity index (χ3n) is 3.43. The quantitative estimate of drug-likeness (QED) is 0.560. The molecule has 1 aliphatic heterocycles. The Bertz CT molecular complexity index is 438. The first-order chi connectivity index (χ1) is 7.21. The van der Waals surface area contributed by atoms with Crippen LogP contribution in [0.2, 0.25) is 0 Å². The van der Waals surface area contributed by atoms with Crippen LogP contribution in [0.1, 0.15) is 24.0 Å². The van der Waals surface area contributed by atoms with E-state index in [0.717, 1.165) is 31.4 Å². The molecule has 1 heterocycles. The van der Waals surface area contributed by atoms with Crippen LogP contribution in [0.3, 0.4) is 0 Å². The van der Waals surface area contributed by atoms with Crippen molar-refractivity contribution in [3.05, 3.63) is 39.4 Å². The van der Waals surface area contributed by atoms with Gasteiger partial charge in [-0.3, -0.25) is 10.1 Å². The first-order valence-corrected chi connectivity index (χ1v) is 5.24. The van der Waals surface area contributed by atoms with E-state index in [4.69, 9.17) is 0 Å². The standard InChI is InChI=1S/C11H12N2O2/c14-13(15)9-2-1-8-3-6-12-11(4-5-11)10(8)7-9/h1-2,7,12H,3-6H2. The molecule has 4 heteroatoms. The molecule has 4 nitrogen and oxygen atoms in total. The van der Waals surface area contributed by atoms with Gasteiger partial charge >= 0.3 is 0 Å². The highest BCUT2D eigenvalue weighted by atomic mass is 16.6. The summed E-state index contributed by atoms with van der Waals surface area (Å²) < 4.78 is 0. The van der Waals surface area contributed by atoms with Crippen LogP contribution in [0.5, 0.6) is 0 Å². The molecule has 0 bridgehead atoms. The number of non-ortho nitro benzene ring substituents is 1. The number of rotatable bonds is 1. The minimum Gasteiger partial charge on any atom is -0.307 e. The van der Waals surface area contributed by atoms with E-state index in [9.17, 15) is 10.1 Å². The fourth-order valence-electron chi connectivity index (χ4n) is 2.44. The van der Waals surface area contributed by atoms with Crippen LogP contribution in [0.15, 0.2) is 18.2 Å². The van der Waals surface area contributed by atoms with Gasteiger partial charge in [-0.2, -0.15) is 0 Å². The van der Waals surface area contributed by atoms with Crippen molar-refractivity contribution >= 4 is 5.69 Å². The van der Waals surface area contributed by atoms with E-state index in [1.54, 1.807) is 12.1 Å². The van der Waals surface area contributed by atoms with Gasteiger partial charge in [0.15, 0.2) is 0 Å². The fraction of sp³-hybridized carbons (Fsp3) is 0.455. The van der Waals surface area contributed by atoms with E-state index in [1.807, 2.05) is 6.07 Å². The molecule has 1 aromatic rings. The molecule has 1 spiro atoms. The Morgan fingerprint density at radius 2 is 2.20 bits per heavy atom. The molecular weight excluding hydrogens is 192 g/mol. The first-order valence-electron chi connectivity index (χ1n) is 5.24. The van der Waals surface area contributed by atoms with Crippen LogP contribution in [0.4, 0.5) is 5.69 Å². The van der Waals surface area contributed by atoms with Crippen molar-refractivity contribution in [2.45, 2.75) is 24.8 Å². The first kappa shape index (κ1) is 8.85. The second-order valence-electron chi connectivity index (χ2n) is 4.36. The molecule has 0 unspecified atom stereocenters. The average molecular weight is 204 g/mol. The zero-order valence-electron chi connectivity index (χ0n) is 8.32. The molecule has 2 aliphatic rings. The maximum Gasteiger partial charge on any atom is 0.269 e. The maximum atomic E-state index is 10.7. The van der Waals surface area contributed by atoms with Crippen LogP contribution in [0, 0.1) is 10.1 Å². The number of hydrogen-bond donors (Lipinski definition) is 1. The monoisotopic (exact) mass is 204 g/mol. The number of hydrogen-bond acceptors (Lipinski definition) is 3. The second kappa shape index (κ2) is 2.79. The summed E-state index contributed by atoms with van der Waals surface area (Å²) >= 11 is 0. The third-order valence-corrected chi connectivity index (χ3v) is 3.43. The largest absolute Gasteiger partial charge is 0.307 e. The lowest BCUT2D eigenvalue weighted by molar-refractivity contribution is -0.385. The molecule has 0 saturated heterocycles. The summed E-state index contributed by atoms with van der Waals surface area (Å²) in [6, 6.07) is 5.27. The SMILES string of the molecule is O=[N+]([O-])c1ccc2c(c1)C1(CC1)NCC2. The van der Waals surface area contributed by atoms with Crippen LogP contribution in [0.25, 0.3) is 0 Å². The summed E-state index contributed by atoms with van der Waals surface area (Å²) in [6.45, 7) is 0.991. The lowest BCUT2D eigenvalue weighted by Gasteiger charge is -2.26. The van der Waals surface area contributed by atoms with Crippen molar-refractivity contribution in [3.8, 4) is 0 Å². The summed E-state index contributed by atoms with van der Waals surface area (Å²) in [4.78, 5) is 10.4. The van der Waals surface area contributed by atoms with Crippen LogP contribution in [-0.4, -0.2) is 11.5 Å². The molecule has 1 aliphatic carbocycles. The molecule has 0 amide bonds. The van der Waals surface area contributed by atoms with Gasteiger partial charge in [0.1, 0.15) is 0 Å². The highest BCUT2D eigenvalue weighted by Crippen LogP contribution is 2.49. The van der Waals surface area contributed by atoms with Crippen molar-refractivity contribution in [1.82, 2.24) is 5.32 Å². The Balaban J connectivity index is 2.12. The van der Waals surface area contributed by atoms with Gasteiger partial charge in [-0.05, 0) is 30.4 Å². The Labute approximate surface area is 87.4 Å². The number of nitrogens with one attached hydrogen (secondary N) is 1. The molecule has 15 heavy (non-hydrogen) atoms. The summed E-state index contributed by atoms with van der Waals surface area (Å²) in [5.74, 6) is 0. The summed E-state index contributed by atoms with van der Waals surface area (Å²) in [5.41, 5.74) is 2.73. The van der Waals surface area contributed by atoms with Crippen molar-refractivity contribution in [3.63, 3.8) is 0 Å². The van der Waals surface area contributed by atoms with Crippen molar-refractivity contribution in [2.75, 3.05) is 6.54 Å². The third kappa shape index (κ3) is 1.25. The Morgan fingerprint density at radius 3 is 2.87 bits per heavy atom. The molecule has 0 aromatic heterocycles. The van der Waals surface area contributed by atoms with Crippen LogP contribution < -0.4 is 5.32 Å². The predicted molar refractivity (Wildman–Crippen MR) is 55.7 cm³/mol. The normalized spacial score (nSPS) is 21.1. The molecule has 1 fully saturated rings. The highest BCUT2D eigenvalue weighted by Gasteiger charge is 2.47. The van der Waals surface area contributed by atoms with Crippen LogP contribution >= 0.6 is 0 Å². The number of benzene rings is 1. The molecular formula is C11H12N2O2. The summed E-state index contributed by atoms with van der Waals surface area (Å²) in [6.07, 6.45) is 3.21. The fourth-order valence-corrected chi connectivity index (χ4v) is 2.44. The zero-order valence-corrected chi connectivity index (χ0v) is 8.32. The molecule has 3 rings (SSSR count). The zero-order chi connectivity index (χ0) is 10.5. The van der Waals surface area contributed by atoms with Gasteiger partial charge in [0.05, 0.1) is 4.92 Å². The van der Waals surface area contributed by atoms with Gasteiger partial charge in [0, 0.05) is 24.2 Å². The van der Waals surface area contributed by atoms with Crippen molar-refractivity contribution < 1.29 is 4.92 Å². The van der Waals surface area contributed by atoms with Gasteiger partial charge in [0.25, 0.3) is 5.69 Å². The minimum absolute atomic E-state index is 0.0829. The van der Waals surface area contributed by atoms with Gasteiger partial charge in [-0.25, -0.2) is 0 Å². The Hall–Kier alpha value is -1.42. The molecule has 1 N–H and O–H groups in total. The van der Waals surface area contributed by atoms with E-state index >= 15 is 0 Å². The lowest BCUT2D eigenvalue weighted by Crippen LogP contribution is -2.36. The Morgan fingerprint density at radius 1 is 1.40 bits per heavy atom. The number of nitro groups is 1. The van der Waals surface area contributed by atoms with E-state index in [0.29, 0.717) is 0 Å². The Kier molecular flexibility index (Phi) is 1.65. The summed E-state index contributed by atoms with van der Waals surface area (Å²) in [5, 5.41) is 14.2. The number of fused-ring (bicyclic) bond motifs is 2. The van der Waals surface area contributed by atoms with Crippen LogP contribution in [-0.2, 0) is 12.0 Å². The predicted octanol–water partition coefficient (Wildman–Crippen LogP) is 1.73. The second-order valence-corrected chi connectivity index (χ2v) is 4.36. The average Bonchev–Trinajstić information content (AvgIpc) is 2.99. The van der Waals surface area contributed by atoms with Gasteiger partial charge < -0.3 is 5.32 Å². The highest BCUT2D eigenvalue weighted by molar-refractivity contribution is 5.47. The molecule has 0 atom stereocenters. The number of nitrogens with zero attached hydrogens (tertiary/aromatic N) is 1. The summed E-state index contributed by atoms with van der Waals surface area (Å²) in [7, 11) is 0. The van der Waals surface area contributed by atoms with Crippen molar-refractivity contribution in [2.24, 2.45) is 0 Å². The van der Waals surface area contributed by atoms with E-state index in [-0.39, 0.29) is 16.1 Å². The molecule has 78 valence electrons.